The highest BCUT2D eigenvalue weighted by Crippen LogP contribution is 2.24. The monoisotopic (exact) mass is 414 g/mol. The molecule has 0 aliphatic heterocycles. The van der Waals surface area contributed by atoms with Crippen molar-refractivity contribution in [3.63, 3.8) is 0 Å². The first-order valence-corrected chi connectivity index (χ1v) is 10.1. The molecule has 2 heterocycles. The third-order valence-electron chi connectivity index (χ3n) is 4.40. The summed E-state index contributed by atoms with van der Waals surface area (Å²) in [4.78, 5) is 19.1. The molecule has 0 aliphatic rings. The van der Waals surface area contributed by atoms with Crippen LogP contribution in [-0.2, 0) is 4.79 Å². The normalized spacial score (nSPS) is 11.3. The quantitative estimate of drug-likeness (QED) is 0.353. The zero-order chi connectivity index (χ0) is 21.1. The minimum Gasteiger partial charge on any atom is -0.457 e. The molecule has 0 spiro atoms. The van der Waals surface area contributed by atoms with Gasteiger partial charge in [0, 0.05) is 16.8 Å². The molecule has 0 atom stereocenters. The van der Waals surface area contributed by atoms with E-state index in [1.54, 1.807) is 41.7 Å². The van der Waals surface area contributed by atoms with Crippen molar-refractivity contribution < 1.29 is 9.53 Å². The van der Waals surface area contributed by atoms with Gasteiger partial charge in [-0.2, -0.15) is 5.26 Å². The summed E-state index contributed by atoms with van der Waals surface area (Å²) in [6.07, 6.45) is 3.52. The van der Waals surface area contributed by atoms with Crippen molar-refractivity contribution in [3.8, 4) is 17.6 Å². The van der Waals surface area contributed by atoms with E-state index in [9.17, 15) is 10.1 Å². The van der Waals surface area contributed by atoms with Crippen LogP contribution in [0.5, 0.6) is 11.5 Å². The van der Waals surface area contributed by atoms with E-state index in [-0.39, 0.29) is 5.57 Å². The van der Waals surface area contributed by atoms with Gasteiger partial charge in [-0.25, -0.2) is 4.98 Å². The number of hydrogen-bond donors (Lipinski definition) is 1. The fourth-order valence-electron chi connectivity index (χ4n) is 2.97. The van der Waals surface area contributed by atoms with E-state index < -0.39 is 5.91 Å². The summed E-state index contributed by atoms with van der Waals surface area (Å²) in [6, 6.07) is 18.4. The fraction of sp³-hybridized carbons (Fsp3) is 0.0870. The number of ether oxygens (including phenoxy) is 1. The van der Waals surface area contributed by atoms with Gasteiger partial charge in [0.15, 0.2) is 4.96 Å². The molecule has 0 radical (unpaired) electrons. The third kappa shape index (κ3) is 4.09. The molecule has 0 saturated carbocycles. The van der Waals surface area contributed by atoms with Gasteiger partial charge >= 0.3 is 0 Å². The molecule has 0 saturated heterocycles. The highest BCUT2D eigenvalue weighted by molar-refractivity contribution is 7.17. The lowest BCUT2D eigenvalue weighted by Gasteiger charge is -2.08. The Morgan fingerprint density at radius 2 is 1.83 bits per heavy atom. The van der Waals surface area contributed by atoms with Crippen LogP contribution >= 0.6 is 11.3 Å². The van der Waals surface area contributed by atoms with E-state index in [0.29, 0.717) is 11.4 Å². The zero-order valence-electron chi connectivity index (χ0n) is 16.4. The van der Waals surface area contributed by atoms with Crippen molar-refractivity contribution in [1.29, 1.82) is 5.26 Å². The average molecular weight is 414 g/mol. The molecule has 2 aromatic carbocycles. The number of amides is 1. The molecule has 0 fully saturated rings. The molecule has 2 aromatic heterocycles. The van der Waals surface area contributed by atoms with Crippen LogP contribution in [0, 0.1) is 25.2 Å². The topological polar surface area (TPSA) is 79.4 Å². The second kappa shape index (κ2) is 8.23. The van der Waals surface area contributed by atoms with Gasteiger partial charge in [0.25, 0.3) is 5.91 Å². The number of carbonyl (C=O) groups excluding carboxylic acids is 1. The SMILES string of the molecule is Cc1cn2c(/C=C(\C#N)C(=O)Nc3ccc(Oc4ccccc4)cc3)c(C)nc2s1. The van der Waals surface area contributed by atoms with Crippen molar-refractivity contribution in [1.82, 2.24) is 9.38 Å². The fourth-order valence-corrected chi connectivity index (χ4v) is 3.85. The number of benzene rings is 2. The minimum atomic E-state index is -0.476. The first-order valence-electron chi connectivity index (χ1n) is 9.24. The molecule has 4 aromatic rings. The van der Waals surface area contributed by atoms with E-state index in [2.05, 4.69) is 10.3 Å². The van der Waals surface area contributed by atoms with E-state index in [0.717, 1.165) is 27.0 Å². The van der Waals surface area contributed by atoms with E-state index in [1.165, 1.54) is 0 Å². The summed E-state index contributed by atoms with van der Waals surface area (Å²) in [5.74, 6) is 0.908. The molecule has 6 nitrogen and oxygen atoms in total. The smallest absolute Gasteiger partial charge is 0.266 e. The van der Waals surface area contributed by atoms with Crippen molar-refractivity contribution in [3.05, 3.63) is 82.6 Å². The van der Waals surface area contributed by atoms with E-state index >= 15 is 0 Å². The molecule has 1 amide bonds. The maximum Gasteiger partial charge on any atom is 0.266 e. The Kier molecular flexibility index (Phi) is 5.33. The van der Waals surface area contributed by atoms with Gasteiger partial charge in [-0.1, -0.05) is 18.2 Å². The number of hydrogen-bond acceptors (Lipinski definition) is 5. The van der Waals surface area contributed by atoms with Crippen molar-refractivity contribution >= 4 is 34.0 Å². The van der Waals surface area contributed by atoms with Crippen LogP contribution in [0.15, 0.2) is 66.4 Å². The summed E-state index contributed by atoms with van der Waals surface area (Å²) in [5, 5.41) is 12.3. The Morgan fingerprint density at radius 1 is 1.13 bits per heavy atom. The van der Waals surface area contributed by atoms with Crippen LogP contribution in [0.25, 0.3) is 11.0 Å². The lowest BCUT2D eigenvalue weighted by Crippen LogP contribution is -2.13. The number of aryl methyl sites for hydroxylation is 2. The van der Waals surface area contributed by atoms with Gasteiger partial charge in [0.05, 0.1) is 11.4 Å². The third-order valence-corrected chi connectivity index (χ3v) is 5.30. The molecule has 4 rings (SSSR count). The summed E-state index contributed by atoms with van der Waals surface area (Å²) in [6.45, 7) is 3.85. The number of para-hydroxylation sites is 1. The number of thiazole rings is 1. The number of aromatic nitrogens is 2. The molecule has 7 heteroatoms. The van der Waals surface area contributed by atoms with Gasteiger partial charge in [-0.05, 0) is 56.3 Å². The number of anilines is 1. The number of nitrogens with one attached hydrogen (secondary N) is 1. The Balaban J connectivity index is 1.51. The van der Waals surface area contributed by atoms with Crippen LogP contribution in [0.2, 0.25) is 0 Å². The summed E-state index contributed by atoms with van der Waals surface area (Å²) in [7, 11) is 0. The molecule has 148 valence electrons. The van der Waals surface area contributed by atoms with Crippen LogP contribution in [-0.4, -0.2) is 15.3 Å². The van der Waals surface area contributed by atoms with Gasteiger partial charge in [0.2, 0.25) is 0 Å². The highest BCUT2D eigenvalue weighted by Gasteiger charge is 2.14. The maximum atomic E-state index is 12.6. The first kappa shape index (κ1) is 19.4. The van der Waals surface area contributed by atoms with Crippen molar-refractivity contribution in [2.75, 3.05) is 5.32 Å². The highest BCUT2D eigenvalue weighted by atomic mass is 32.1. The Bertz CT molecular complexity index is 1280. The number of rotatable bonds is 5. The van der Waals surface area contributed by atoms with Gasteiger partial charge in [0.1, 0.15) is 23.1 Å². The van der Waals surface area contributed by atoms with Gasteiger partial charge < -0.3 is 10.1 Å². The number of imidazole rings is 1. The summed E-state index contributed by atoms with van der Waals surface area (Å²) in [5.41, 5.74) is 2.08. The Labute approximate surface area is 177 Å². The van der Waals surface area contributed by atoms with E-state index in [4.69, 9.17) is 4.74 Å². The molecule has 0 bridgehead atoms. The average Bonchev–Trinajstić information content (AvgIpc) is 3.23. The Hall–Kier alpha value is -3.89. The van der Waals surface area contributed by atoms with E-state index in [1.807, 2.05) is 60.8 Å². The van der Waals surface area contributed by atoms with Crippen LogP contribution < -0.4 is 10.1 Å². The molecule has 0 unspecified atom stereocenters. The number of nitriles is 1. The van der Waals surface area contributed by atoms with Crippen LogP contribution in [0.4, 0.5) is 5.69 Å². The van der Waals surface area contributed by atoms with Gasteiger partial charge in [-0.3, -0.25) is 9.20 Å². The first-order chi connectivity index (χ1) is 14.5. The molecular formula is C23H18N4O2S. The molecule has 0 aliphatic carbocycles. The minimum absolute atomic E-state index is 0.00775. The molecular weight excluding hydrogens is 396 g/mol. The lowest BCUT2D eigenvalue weighted by molar-refractivity contribution is -0.112. The summed E-state index contributed by atoms with van der Waals surface area (Å²) < 4.78 is 7.65. The standard InChI is InChI=1S/C23H18N4O2S/c1-15-14-27-21(16(2)25-23(27)30-15)12-17(13-24)22(28)26-18-8-10-20(11-9-18)29-19-6-4-3-5-7-19/h3-12,14H,1-2H3,(H,26,28)/b17-12+. The largest absolute Gasteiger partial charge is 0.457 e. The maximum absolute atomic E-state index is 12.6. The Morgan fingerprint density at radius 3 is 2.53 bits per heavy atom. The second-order valence-electron chi connectivity index (χ2n) is 6.64. The number of carbonyl (C=O) groups is 1. The molecule has 1 N–H and O–H groups in total. The summed E-state index contributed by atoms with van der Waals surface area (Å²) >= 11 is 1.56. The molecule has 30 heavy (non-hydrogen) atoms. The van der Waals surface area contributed by atoms with Crippen molar-refractivity contribution in [2.45, 2.75) is 13.8 Å². The van der Waals surface area contributed by atoms with Crippen molar-refractivity contribution in [2.24, 2.45) is 0 Å². The van der Waals surface area contributed by atoms with Crippen LogP contribution in [0.3, 0.4) is 0 Å². The van der Waals surface area contributed by atoms with Crippen LogP contribution in [0.1, 0.15) is 16.3 Å². The second-order valence-corrected chi connectivity index (χ2v) is 7.85. The predicted octanol–water partition coefficient (Wildman–Crippen LogP) is 5.35. The lowest BCUT2D eigenvalue weighted by atomic mass is 10.2. The zero-order valence-corrected chi connectivity index (χ0v) is 17.2. The predicted molar refractivity (Wildman–Crippen MR) is 118 cm³/mol. The number of nitrogens with zero attached hydrogens (tertiary/aromatic N) is 3. The number of fused-ring (bicyclic) bond motifs is 1. The van der Waals surface area contributed by atoms with Gasteiger partial charge in [-0.15, -0.1) is 11.3 Å².